The minimum atomic E-state index is -1.01. The molecule has 11 nitrogen and oxygen atoms in total. The topological polar surface area (TPSA) is 146 Å². The Morgan fingerprint density at radius 3 is 2.31 bits per heavy atom. The summed E-state index contributed by atoms with van der Waals surface area (Å²) in [5.41, 5.74) is 0.521. The number of nitrogens with zero attached hydrogens (tertiary/aromatic N) is 1. The number of non-ortho nitro benzene ring substituents is 1. The van der Waals surface area contributed by atoms with Gasteiger partial charge in [-0.15, -0.1) is 0 Å². The van der Waals surface area contributed by atoms with E-state index in [9.17, 15) is 24.8 Å². The molecule has 3 rings (SSSR count). The van der Waals surface area contributed by atoms with Gasteiger partial charge in [0, 0.05) is 18.7 Å². The molecule has 170 valence electrons. The highest BCUT2D eigenvalue weighted by Crippen LogP contribution is 2.19. The minimum Gasteiger partial charge on any atom is -0.445 e. The summed E-state index contributed by atoms with van der Waals surface area (Å²) in [6, 6.07) is 10.7. The number of aliphatic hydroxyl groups is 1. The molecule has 0 unspecified atom stereocenters. The van der Waals surface area contributed by atoms with E-state index in [2.05, 4.69) is 5.32 Å². The molecule has 0 spiro atoms. The number of aliphatic hydroxyl groups excluding tert-OH is 1. The number of carbonyl (C=O) groups excluding carboxylic acids is 2. The van der Waals surface area contributed by atoms with Gasteiger partial charge in [0.2, 0.25) is 0 Å². The van der Waals surface area contributed by atoms with Crippen LogP contribution in [0.5, 0.6) is 11.5 Å². The van der Waals surface area contributed by atoms with Crippen LogP contribution in [0.3, 0.4) is 0 Å². The summed E-state index contributed by atoms with van der Waals surface area (Å²) in [5.74, 6) is 0.296. The van der Waals surface area contributed by atoms with Crippen LogP contribution in [0.25, 0.3) is 0 Å². The molecule has 2 aromatic rings. The number of hydrogen-bond acceptors (Lipinski definition) is 9. The summed E-state index contributed by atoms with van der Waals surface area (Å²) in [5, 5.41) is 23.3. The smallest absolute Gasteiger partial charge is 0.445 e. The monoisotopic (exact) mass is 446 g/mol. The quantitative estimate of drug-likeness (QED) is 0.296. The summed E-state index contributed by atoms with van der Waals surface area (Å²) < 4.78 is 20.5. The van der Waals surface area contributed by atoms with Crippen LogP contribution in [0.2, 0.25) is 0 Å². The van der Waals surface area contributed by atoms with E-state index < -0.39 is 29.3 Å². The van der Waals surface area contributed by atoms with Gasteiger partial charge < -0.3 is 29.4 Å². The van der Waals surface area contributed by atoms with Crippen molar-refractivity contribution >= 4 is 17.9 Å². The van der Waals surface area contributed by atoms with Gasteiger partial charge in [0.15, 0.2) is 0 Å². The van der Waals surface area contributed by atoms with Crippen LogP contribution in [0, 0.1) is 10.1 Å². The summed E-state index contributed by atoms with van der Waals surface area (Å²) >= 11 is 0. The second-order valence-corrected chi connectivity index (χ2v) is 7.03. The number of alkyl carbamates (subject to hydrolysis) is 1. The number of ether oxygens (including phenoxy) is 4. The largest absolute Gasteiger partial charge is 0.519 e. The van der Waals surface area contributed by atoms with Crippen molar-refractivity contribution in [1.82, 2.24) is 5.32 Å². The maximum absolute atomic E-state index is 12.0. The van der Waals surface area contributed by atoms with Gasteiger partial charge in [-0.25, -0.2) is 9.59 Å². The Labute approximate surface area is 183 Å². The van der Waals surface area contributed by atoms with Crippen molar-refractivity contribution in [2.24, 2.45) is 0 Å². The molecule has 0 radical (unpaired) electrons. The molecule has 0 aliphatic carbocycles. The van der Waals surface area contributed by atoms with Gasteiger partial charge in [-0.05, 0) is 43.2 Å². The molecule has 11 heteroatoms. The number of nitrogens with one attached hydrogen (secondary N) is 1. The molecule has 0 aromatic heterocycles. The van der Waals surface area contributed by atoms with E-state index >= 15 is 0 Å². The zero-order valence-electron chi connectivity index (χ0n) is 17.1. The summed E-state index contributed by atoms with van der Waals surface area (Å²) in [7, 11) is 0. The standard InChI is InChI=1S/C21H22N2O9/c1-13-19(24)18(10-11-29-13)22-20(25)30-12-14-2-6-16(7-3-14)31-21(26)32-17-8-4-15(5-9-17)23(27)28/h2-9,13,18-19,24H,10-12H2,1H3,(H,22,25)/t13-,18-,19+/m0/s1. The molecule has 2 N–H and O–H groups in total. The van der Waals surface area contributed by atoms with Crippen LogP contribution in [0.4, 0.5) is 15.3 Å². The molecule has 1 aliphatic heterocycles. The van der Waals surface area contributed by atoms with E-state index in [-0.39, 0.29) is 29.9 Å². The lowest BCUT2D eigenvalue weighted by molar-refractivity contribution is -0.384. The SMILES string of the molecule is C[C@@H]1OCC[C@H](NC(=O)OCc2ccc(OC(=O)Oc3ccc([N+](=O)[O-])cc3)cc2)[C@@H]1O. The summed E-state index contributed by atoms with van der Waals surface area (Å²) in [6.45, 7) is 2.15. The van der Waals surface area contributed by atoms with Gasteiger partial charge in [0.1, 0.15) is 24.2 Å². The van der Waals surface area contributed by atoms with Gasteiger partial charge in [-0.3, -0.25) is 10.1 Å². The molecule has 0 saturated carbocycles. The number of nitro groups is 1. The molecule has 1 fully saturated rings. The first-order valence-electron chi connectivity index (χ1n) is 9.78. The fraction of sp³-hybridized carbons (Fsp3) is 0.333. The average molecular weight is 446 g/mol. The van der Waals surface area contributed by atoms with Crippen molar-refractivity contribution in [2.45, 2.75) is 38.2 Å². The lowest BCUT2D eigenvalue weighted by Crippen LogP contribution is -2.52. The Morgan fingerprint density at radius 2 is 1.72 bits per heavy atom. The maximum atomic E-state index is 12.0. The highest BCUT2D eigenvalue weighted by atomic mass is 16.7. The third-order valence-corrected chi connectivity index (χ3v) is 4.75. The first kappa shape index (κ1) is 23.0. The second-order valence-electron chi connectivity index (χ2n) is 7.03. The van der Waals surface area contributed by atoms with Crippen LogP contribution in [0.15, 0.2) is 48.5 Å². The highest BCUT2D eigenvalue weighted by molar-refractivity contribution is 5.68. The van der Waals surface area contributed by atoms with E-state index in [1.807, 2.05) is 0 Å². The van der Waals surface area contributed by atoms with E-state index in [4.69, 9.17) is 18.9 Å². The Hall–Kier alpha value is -3.70. The van der Waals surface area contributed by atoms with Crippen molar-refractivity contribution < 1.29 is 38.6 Å². The predicted molar refractivity (Wildman–Crippen MR) is 109 cm³/mol. The van der Waals surface area contributed by atoms with Crippen LogP contribution in [-0.4, -0.2) is 47.1 Å². The van der Waals surface area contributed by atoms with Gasteiger partial charge >= 0.3 is 12.2 Å². The van der Waals surface area contributed by atoms with Crippen molar-refractivity contribution in [1.29, 1.82) is 0 Å². The van der Waals surface area contributed by atoms with E-state index in [1.54, 1.807) is 19.1 Å². The van der Waals surface area contributed by atoms with E-state index in [0.717, 1.165) is 0 Å². The molecular formula is C21H22N2O9. The van der Waals surface area contributed by atoms with Crippen LogP contribution >= 0.6 is 0 Å². The van der Waals surface area contributed by atoms with Crippen molar-refractivity contribution in [3.63, 3.8) is 0 Å². The molecule has 3 atom stereocenters. The molecular weight excluding hydrogens is 424 g/mol. The summed E-state index contributed by atoms with van der Waals surface area (Å²) in [4.78, 5) is 33.9. The maximum Gasteiger partial charge on any atom is 0.519 e. The highest BCUT2D eigenvalue weighted by Gasteiger charge is 2.31. The van der Waals surface area contributed by atoms with Gasteiger partial charge in [0.25, 0.3) is 5.69 Å². The molecule has 0 bridgehead atoms. The Kier molecular flexibility index (Phi) is 7.58. The minimum absolute atomic E-state index is 0.0196. The number of hydrogen-bond donors (Lipinski definition) is 2. The zero-order valence-corrected chi connectivity index (χ0v) is 17.1. The lowest BCUT2D eigenvalue weighted by atomic mass is 10.0. The fourth-order valence-electron chi connectivity index (χ4n) is 2.98. The van der Waals surface area contributed by atoms with Crippen molar-refractivity contribution in [3.05, 3.63) is 64.2 Å². The molecule has 2 aromatic carbocycles. The number of benzene rings is 2. The number of carbonyl (C=O) groups is 2. The number of rotatable bonds is 6. The predicted octanol–water partition coefficient (Wildman–Crippen LogP) is 2.94. The Morgan fingerprint density at radius 1 is 1.12 bits per heavy atom. The Bertz CT molecular complexity index is 947. The van der Waals surface area contributed by atoms with Crippen molar-refractivity contribution in [2.75, 3.05) is 6.61 Å². The van der Waals surface area contributed by atoms with E-state index in [1.165, 1.54) is 36.4 Å². The van der Waals surface area contributed by atoms with Gasteiger partial charge in [-0.1, -0.05) is 12.1 Å². The van der Waals surface area contributed by atoms with Crippen molar-refractivity contribution in [3.8, 4) is 11.5 Å². The Balaban J connectivity index is 1.43. The molecule has 1 aliphatic rings. The van der Waals surface area contributed by atoms with Crippen LogP contribution in [-0.2, 0) is 16.1 Å². The van der Waals surface area contributed by atoms with Crippen LogP contribution in [0.1, 0.15) is 18.9 Å². The second kappa shape index (κ2) is 10.6. The molecule has 1 heterocycles. The molecule has 1 amide bonds. The zero-order chi connectivity index (χ0) is 23.1. The summed E-state index contributed by atoms with van der Waals surface area (Å²) in [6.07, 6.45) is -2.35. The van der Waals surface area contributed by atoms with Gasteiger partial charge in [0.05, 0.1) is 17.1 Å². The fourth-order valence-corrected chi connectivity index (χ4v) is 2.98. The molecule has 32 heavy (non-hydrogen) atoms. The molecule has 1 saturated heterocycles. The average Bonchev–Trinajstić information content (AvgIpc) is 2.77. The third kappa shape index (κ3) is 6.40. The number of amides is 1. The normalized spacial score (nSPS) is 20.1. The third-order valence-electron chi connectivity index (χ3n) is 4.75. The lowest BCUT2D eigenvalue weighted by Gasteiger charge is -2.33. The first-order valence-corrected chi connectivity index (χ1v) is 9.78. The van der Waals surface area contributed by atoms with Crippen LogP contribution < -0.4 is 14.8 Å². The van der Waals surface area contributed by atoms with Gasteiger partial charge in [-0.2, -0.15) is 0 Å². The number of nitro benzene ring substituents is 1. The van der Waals surface area contributed by atoms with E-state index in [0.29, 0.717) is 18.6 Å². The first-order chi connectivity index (χ1) is 15.3.